The molecule has 0 atom stereocenters. The van der Waals surface area contributed by atoms with E-state index in [0.29, 0.717) is 5.75 Å². The molecule has 0 aliphatic heterocycles. The number of nitrogens with zero attached hydrogens (tertiary/aromatic N) is 2. The lowest BCUT2D eigenvalue weighted by Gasteiger charge is -2.08. The number of ether oxygens (including phenoxy) is 1. The van der Waals surface area contributed by atoms with E-state index in [4.69, 9.17) is 4.74 Å². The number of nitrogens with one attached hydrogen (secondary N) is 1. The summed E-state index contributed by atoms with van der Waals surface area (Å²) in [5, 5.41) is 3.57. The van der Waals surface area contributed by atoms with Gasteiger partial charge >= 0.3 is 0 Å². The van der Waals surface area contributed by atoms with Crippen LogP contribution in [0.25, 0.3) is 0 Å². The number of hydrogen-bond acceptors (Lipinski definition) is 4. The van der Waals surface area contributed by atoms with Crippen molar-refractivity contribution >= 4 is 15.7 Å². The fourth-order valence-electron chi connectivity index (χ4n) is 1.74. The molecule has 10 heteroatoms. The molecule has 0 spiro atoms. The normalized spacial score (nSPS) is 11.7. The lowest BCUT2D eigenvalue weighted by molar-refractivity contribution is 0.121. The molecule has 0 aliphatic carbocycles. The van der Waals surface area contributed by atoms with Crippen LogP contribution in [0.1, 0.15) is 0 Å². The van der Waals surface area contributed by atoms with E-state index in [2.05, 4.69) is 9.82 Å². The van der Waals surface area contributed by atoms with Gasteiger partial charge in [-0.25, -0.2) is 21.6 Å². The monoisotopic (exact) mass is 349 g/mol. The smallest absolute Gasteiger partial charge is 0.265 e. The van der Waals surface area contributed by atoms with Crippen LogP contribution in [0, 0.1) is 0 Å². The van der Waals surface area contributed by atoms with Crippen molar-refractivity contribution in [3.05, 3.63) is 36.7 Å². The van der Waals surface area contributed by atoms with Crippen molar-refractivity contribution in [1.82, 2.24) is 9.78 Å². The van der Waals surface area contributed by atoms with Gasteiger partial charge in [0.15, 0.2) is 0 Å². The Kier molecular flexibility index (Phi) is 5.48. The molecule has 0 saturated heterocycles. The molecule has 0 bridgehead atoms. The summed E-state index contributed by atoms with van der Waals surface area (Å²) in [5.74, 6) is 0.302. The zero-order valence-electron chi connectivity index (χ0n) is 11.8. The second kappa shape index (κ2) is 7.36. The molecule has 1 aromatic carbocycles. The standard InChI is InChI=1S/C13H14F3N3O3S/c14-4-5-22-11-3-1-2-10(6-11)18-23(20,21)12-7-17-19(8-12)9-13(15)16/h1-3,6-8,13,18H,4-5,9H2. The van der Waals surface area contributed by atoms with Crippen molar-refractivity contribution in [2.45, 2.75) is 17.9 Å². The Labute approximate surface area is 130 Å². The zero-order chi connectivity index (χ0) is 16.9. The van der Waals surface area contributed by atoms with E-state index >= 15 is 0 Å². The van der Waals surface area contributed by atoms with Crippen molar-refractivity contribution in [3.8, 4) is 5.75 Å². The fourth-order valence-corrected chi connectivity index (χ4v) is 2.75. The topological polar surface area (TPSA) is 73.2 Å². The summed E-state index contributed by atoms with van der Waals surface area (Å²) in [6.07, 6.45) is -0.644. The first-order chi connectivity index (χ1) is 10.9. The van der Waals surface area contributed by atoms with Crippen LogP contribution in [-0.4, -0.2) is 37.9 Å². The van der Waals surface area contributed by atoms with Gasteiger partial charge in [-0.05, 0) is 12.1 Å². The second-order valence-corrected chi connectivity index (χ2v) is 6.14. The van der Waals surface area contributed by atoms with E-state index in [0.717, 1.165) is 17.1 Å². The number of benzene rings is 1. The Bertz CT molecular complexity index is 750. The summed E-state index contributed by atoms with van der Waals surface area (Å²) in [7, 11) is -3.97. The summed E-state index contributed by atoms with van der Waals surface area (Å²) in [6, 6.07) is 5.94. The minimum atomic E-state index is -3.97. The summed E-state index contributed by atoms with van der Waals surface area (Å²) in [5.41, 5.74) is 0.197. The summed E-state index contributed by atoms with van der Waals surface area (Å²) < 4.78 is 69.1. The van der Waals surface area contributed by atoms with Gasteiger partial charge in [0.2, 0.25) is 0 Å². The van der Waals surface area contributed by atoms with Crippen LogP contribution in [-0.2, 0) is 16.6 Å². The maximum absolute atomic E-state index is 12.3. The predicted octanol–water partition coefficient (Wildman–Crippen LogP) is 2.30. The van der Waals surface area contributed by atoms with Gasteiger partial charge in [-0.15, -0.1) is 0 Å². The third kappa shape index (κ3) is 4.88. The predicted molar refractivity (Wildman–Crippen MR) is 77.0 cm³/mol. The van der Waals surface area contributed by atoms with Crippen molar-refractivity contribution < 1.29 is 26.3 Å². The third-order valence-corrected chi connectivity index (χ3v) is 4.01. The van der Waals surface area contributed by atoms with Gasteiger partial charge in [-0.1, -0.05) is 6.07 Å². The maximum atomic E-state index is 12.3. The molecular formula is C13H14F3N3O3S. The van der Waals surface area contributed by atoms with Crippen LogP contribution in [0.5, 0.6) is 5.75 Å². The SMILES string of the molecule is O=S(=O)(Nc1cccc(OCCF)c1)c1cnn(CC(F)F)c1. The highest BCUT2D eigenvalue weighted by molar-refractivity contribution is 7.92. The molecule has 126 valence electrons. The molecule has 0 radical (unpaired) electrons. The third-order valence-electron chi connectivity index (χ3n) is 2.68. The summed E-state index contributed by atoms with van der Waals surface area (Å²) in [6.45, 7) is -1.50. The molecule has 2 rings (SSSR count). The molecule has 6 nitrogen and oxygen atoms in total. The molecule has 2 aromatic rings. The first kappa shape index (κ1) is 17.1. The number of alkyl halides is 3. The minimum absolute atomic E-state index is 0.142. The van der Waals surface area contributed by atoms with Crippen LogP contribution < -0.4 is 9.46 Å². The maximum Gasteiger partial charge on any atom is 0.265 e. The van der Waals surface area contributed by atoms with E-state index in [-0.39, 0.29) is 17.2 Å². The van der Waals surface area contributed by atoms with Gasteiger partial charge in [0, 0.05) is 12.3 Å². The summed E-state index contributed by atoms with van der Waals surface area (Å²) in [4.78, 5) is -0.242. The van der Waals surface area contributed by atoms with Crippen molar-refractivity contribution in [2.24, 2.45) is 0 Å². The van der Waals surface area contributed by atoms with Gasteiger partial charge in [-0.2, -0.15) is 5.10 Å². The first-order valence-electron chi connectivity index (χ1n) is 6.53. The largest absolute Gasteiger partial charge is 0.491 e. The number of rotatable bonds is 8. The second-order valence-electron chi connectivity index (χ2n) is 4.46. The zero-order valence-corrected chi connectivity index (χ0v) is 12.6. The number of aromatic nitrogens is 2. The number of anilines is 1. The lowest BCUT2D eigenvalue weighted by atomic mass is 10.3. The van der Waals surface area contributed by atoms with Crippen LogP contribution in [0.3, 0.4) is 0 Å². The Balaban J connectivity index is 2.13. The van der Waals surface area contributed by atoms with Crippen molar-refractivity contribution in [3.63, 3.8) is 0 Å². The van der Waals surface area contributed by atoms with Gasteiger partial charge < -0.3 is 4.74 Å². The summed E-state index contributed by atoms with van der Waals surface area (Å²) >= 11 is 0. The molecule has 0 aliphatic rings. The van der Waals surface area contributed by atoms with Crippen LogP contribution in [0.4, 0.5) is 18.9 Å². The van der Waals surface area contributed by atoms with Crippen LogP contribution in [0.2, 0.25) is 0 Å². The minimum Gasteiger partial charge on any atom is -0.491 e. The molecule has 1 N–H and O–H groups in total. The average molecular weight is 349 g/mol. The Morgan fingerprint density at radius 3 is 2.83 bits per heavy atom. The van der Waals surface area contributed by atoms with Crippen LogP contribution in [0.15, 0.2) is 41.6 Å². The molecule has 0 amide bonds. The van der Waals surface area contributed by atoms with Gasteiger partial charge in [0.05, 0.1) is 11.9 Å². The molecule has 0 fully saturated rings. The van der Waals surface area contributed by atoms with Crippen LogP contribution >= 0.6 is 0 Å². The van der Waals surface area contributed by atoms with E-state index < -0.39 is 29.7 Å². The molecule has 0 saturated carbocycles. The first-order valence-corrected chi connectivity index (χ1v) is 8.01. The Morgan fingerprint density at radius 1 is 1.35 bits per heavy atom. The Hall–Kier alpha value is -2.23. The number of hydrogen-bond donors (Lipinski definition) is 1. The highest BCUT2D eigenvalue weighted by Gasteiger charge is 2.18. The Morgan fingerprint density at radius 2 is 2.13 bits per heavy atom. The van der Waals surface area contributed by atoms with Crippen molar-refractivity contribution in [2.75, 3.05) is 18.0 Å². The van der Waals surface area contributed by atoms with Gasteiger partial charge in [-0.3, -0.25) is 9.40 Å². The van der Waals surface area contributed by atoms with E-state index in [1.165, 1.54) is 18.2 Å². The van der Waals surface area contributed by atoms with Crippen molar-refractivity contribution in [1.29, 1.82) is 0 Å². The van der Waals surface area contributed by atoms with E-state index in [9.17, 15) is 21.6 Å². The molecule has 1 aromatic heterocycles. The molecule has 1 heterocycles. The molecule has 0 unspecified atom stereocenters. The highest BCUT2D eigenvalue weighted by atomic mass is 32.2. The fraction of sp³-hybridized carbons (Fsp3) is 0.308. The van der Waals surface area contributed by atoms with E-state index in [1.54, 1.807) is 6.07 Å². The average Bonchev–Trinajstić information content (AvgIpc) is 2.93. The van der Waals surface area contributed by atoms with E-state index in [1.807, 2.05) is 0 Å². The lowest BCUT2D eigenvalue weighted by Crippen LogP contribution is -2.13. The molecule has 23 heavy (non-hydrogen) atoms. The molecular weight excluding hydrogens is 335 g/mol. The quantitative estimate of drug-likeness (QED) is 0.794. The van der Waals surface area contributed by atoms with Gasteiger partial charge in [0.25, 0.3) is 16.4 Å². The van der Waals surface area contributed by atoms with Gasteiger partial charge in [0.1, 0.15) is 30.5 Å². The highest BCUT2D eigenvalue weighted by Crippen LogP contribution is 2.21. The number of sulfonamides is 1. The number of halogens is 3.